The van der Waals surface area contributed by atoms with Gasteiger partial charge in [0.1, 0.15) is 0 Å². The largest absolute Gasteiger partial charge is 0.312 e. The van der Waals surface area contributed by atoms with Gasteiger partial charge < -0.3 is 5.32 Å². The summed E-state index contributed by atoms with van der Waals surface area (Å²) in [4.78, 5) is 0. The van der Waals surface area contributed by atoms with Gasteiger partial charge in [-0.2, -0.15) is 0 Å². The smallest absolute Gasteiger partial charge is 0.0153 e. The van der Waals surface area contributed by atoms with Crippen molar-refractivity contribution >= 4 is 0 Å². The van der Waals surface area contributed by atoms with Crippen LogP contribution in [0.5, 0.6) is 0 Å². The molecular weight excluding hydrogens is 158 g/mol. The van der Waals surface area contributed by atoms with E-state index >= 15 is 0 Å². The van der Waals surface area contributed by atoms with Gasteiger partial charge in [0.05, 0.1) is 0 Å². The molecule has 76 valence electrons. The van der Waals surface area contributed by atoms with Crippen molar-refractivity contribution in [2.75, 3.05) is 6.54 Å². The molecule has 1 N–H and O–H groups in total. The Morgan fingerprint density at radius 2 is 2.23 bits per heavy atom. The first-order valence-corrected chi connectivity index (χ1v) is 5.63. The van der Waals surface area contributed by atoms with Gasteiger partial charge in [-0.3, -0.25) is 0 Å². The Balaban J connectivity index is 2.28. The molecule has 1 atom stereocenters. The van der Waals surface area contributed by atoms with E-state index in [2.05, 4.69) is 18.8 Å². The summed E-state index contributed by atoms with van der Waals surface area (Å²) in [5.74, 6) is 0. The molecule has 0 amide bonds. The number of rotatable bonds is 4. The molecule has 1 fully saturated rings. The summed E-state index contributed by atoms with van der Waals surface area (Å²) < 4.78 is 0. The molecule has 0 spiro atoms. The van der Waals surface area contributed by atoms with E-state index in [0.717, 1.165) is 6.42 Å². The molecule has 0 saturated carbocycles. The predicted octanol–water partition coefficient (Wildman–Crippen LogP) is 3.27. The van der Waals surface area contributed by atoms with Crippen LogP contribution in [0, 0.1) is 0 Å². The van der Waals surface area contributed by atoms with E-state index in [-0.39, 0.29) is 0 Å². The Morgan fingerprint density at radius 1 is 1.38 bits per heavy atom. The topological polar surface area (TPSA) is 12.0 Å². The van der Waals surface area contributed by atoms with Gasteiger partial charge in [-0.05, 0) is 45.6 Å². The van der Waals surface area contributed by atoms with Crippen molar-refractivity contribution in [3.05, 3.63) is 12.7 Å². The van der Waals surface area contributed by atoms with Gasteiger partial charge in [0, 0.05) is 5.54 Å². The molecule has 0 aromatic heterocycles. The molecule has 1 aliphatic rings. The van der Waals surface area contributed by atoms with E-state index in [1.54, 1.807) is 0 Å². The van der Waals surface area contributed by atoms with Gasteiger partial charge in [-0.1, -0.05) is 18.9 Å². The average Bonchev–Trinajstić information content (AvgIpc) is 2.31. The minimum atomic E-state index is 0.416. The molecule has 0 aromatic carbocycles. The molecule has 1 saturated heterocycles. The highest BCUT2D eigenvalue weighted by molar-refractivity contribution is 4.85. The minimum absolute atomic E-state index is 0.416. The normalized spacial score (nSPS) is 29.6. The predicted molar refractivity (Wildman–Crippen MR) is 58.9 cm³/mol. The number of unbranched alkanes of at least 4 members (excludes halogenated alkanes) is 1. The monoisotopic (exact) mass is 181 g/mol. The zero-order valence-corrected chi connectivity index (χ0v) is 8.94. The van der Waals surface area contributed by atoms with Crippen LogP contribution in [0.15, 0.2) is 12.7 Å². The van der Waals surface area contributed by atoms with E-state index in [1.807, 2.05) is 6.08 Å². The molecule has 0 aromatic rings. The van der Waals surface area contributed by atoms with Crippen LogP contribution in [0.3, 0.4) is 0 Å². The molecule has 1 aliphatic heterocycles. The first-order chi connectivity index (χ1) is 6.27. The van der Waals surface area contributed by atoms with Crippen LogP contribution in [0.25, 0.3) is 0 Å². The van der Waals surface area contributed by atoms with Crippen molar-refractivity contribution in [1.29, 1.82) is 0 Å². The Morgan fingerprint density at radius 3 is 3.00 bits per heavy atom. The van der Waals surface area contributed by atoms with Crippen LogP contribution in [0.2, 0.25) is 0 Å². The summed E-state index contributed by atoms with van der Waals surface area (Å²) >= 11 is 0. The second-order valence-electron chi connectivity index (χ2n) is 4.48. The fourth-order valence-corrected chi connectivity index (χ4v) is 2.15. The Kier molecular flexibility index (Phi) is 4.51. The van der Waals surface area contributed by atoms with Crippen LogP contribution < -0.4 is 5.32 Å². The van der Waals surface area contributed by atoms with Crippen molar-refractivity contribution in [3.63, 3.8) is 0 Å². The number of hydrogen-bond acceptors (Lipinski definition) is 1. The Labute approximate surface area is 82.6 Å². The van der Waals surface area contributed by atoms with Crippen LogP contribution in [-0.2, 0) is 0 Å². The lowest BCUT2D eigenvalue weighted by atomic mass is 9.90. The summed E-state index contributed by atoms with van der Waals surface area (Å²) in [6.45, 7) is 7.35. The third kappa shape index (κ3) is 3.95. The molecule has 13 heavy (non-hydrogen) atoms. The van der Waals surface area contributed by atoms with Gasteiger partial charge in [0.2, 0.25) is 0 Å². The van der Waals surface area contributed by atoms with Gasteiger partial charge in [-0.15, -0.1) is 6.58 Å². The quantitative estimate of drug-likeness (QED) is 0.518. The number of nitrogens with one attached hydrogen (secondary N) is 1. The zero-order chi connectivity index (χ0) is 9.57. The molecule has 1 unspecified atom stereocenters. The summed E-state index contributed by atoms with van der Waals surface area (Å²) in [6.07, 6.45) is 11.3. The Bertz CT molecular complexity index is 143. The SMILES string of the molecule is C=CCCCC1(C)CCCCCN1. The summed E-state index contributed by atoms with van der Waals surface area (Å²) in [5, 5.41) is 3.68. The van der Waals surface area contributed by atoms with Crippen molar-refractivity contribution in [2.45, 2.75) is 57.4 Å². The first kappa shape index (κ1) is 10.8. The van der Waals surface area contributed by atoms with E-state index in [9.17, 15) is 0 Å². The van der Waals surface area contributed by atoms with Gasteiger partial charge in [0.25, 0.3) is 0 Å². The summed E-state index contributed by atoms with van der Waals surface area (Å²) in [7, 11) is 0. The molecule has 1 heteroatoms. The van der Waals surface area contributed by atoms with Crippen LogP contribution in [0.4, 0.5) is 0 Å². The third-order valence-electron chi connectivity index (χ3n) is 3.09. The standard InChI is InChI=1S/C12H23N/c1-3-4-6-9-12(2)10-7-5-8-11-13-12/h3,13H,1,4-11H2,2H3. The van der Waals surface area contributed by atoms with Crippen molar-refractivity contribution in [2.24, 2.45) is 0 Å². The fraction of sp³-hybridized carbons (Fsp3) is 0.833. The molecule has 0 bridgehead atoms. The number of allylic oxidation sites excluding steroid dienone is 1. The first-order valence-electron chi connectivity index (χ1n) is 5.63. The summed E-state index contributed by atoms with van der Waals surface area (Å²) in [6, 6.07) is 0. The van der Waals surface area contributed by atoms with Crippen LogP contribution >= 0.6 is 0 Å². The van der Waals surface area contributed by atoms with E-state index in [1.165, 1.54) is 45.1 Å². The van der Waals surface area contributed by atoms with E-state index in [0.29, 0.717) is 5.54 Å². The maximum Gasteiger partial charge on any atom is 0.0153 e. The Hall–Kier alpha value is -0.300. The van der Waals surface area contributed by atoms with Crippen molar-refractivity contribution in [1.82, 2.24) is 5.32 Å². The maximum absolute atomic E-state index is 3.76. The highest BCUT2D eigenvalue weighted by Gasteiger charge is 2.23. The van der Waals surface area contributed by atoms with Gasteiger partial charge in [-0.25, -0.2) is 0 Å². The molecule has 0 aliphatic carbocycles. The lowest BCUT2D eigenvalue weighted by Crippen LogP contribution is -2.41. The molecule has 0 radical (unpaired) electrons. The minimum Gasteiger partial charge on any atom is -0.312 e. The van der Waals surface area contributed by atoms with Crippen LogP contribution in [0.1, 0.15) is 51.9 Å². The highest BCUT2D eigenvalue weighted by atomic mass is 15.0. The van der Waals surface area contributed by atoms with Crippen molar-refractivity contribution in [3.8, 4) is 0 Å². The maximum atomic E-state index is 3.76. The highest BCUT2D eigenvalue weighted by Crippen LogP contribution is 2.23. The van der Waals surface area contributed by atoms with Gasteiger partial charge in [0.15, 0.2) is 0 Å². The molecule has 1 heterocycles. The lowest BCUT2D eigenvalue weighted by molar-refractivity contribution is 0.317. The van der Waals surface area contributed by atoms with Crippen molar-refractivity contribution < 1.29 is 0 Å². The fourth-order valence-electron chi connectivity index (χ4n) is 2.15. The third-order valence-corrected chi connectivity index (χ3v) is 3.09. The molecule has 1 nitrogen and oxygen atoms in total. The van der Waals surface area contributed by atoms with E-state index < -0.39 is 0 Å². The lowest BCUT2D eigenvalue weighted by Gasteiger charge is -2.29. The second-order valence-corrected chi connectivity index (χ2v) is 4.48. The van der Waals surface area contributed by atoms with Gasteiger partial charge >= 0.3 is 0 Å². The summed E-state index contributed by atoms with van der Waals surface area (Å²) in [5.41, 5.74) is 0.416. The van der Waals surface area contributed by atoms with E-state index in [4.69, 9.17) is 0 Å². The second kappa shape index (κ2) is 5.43. The molecule has 1 rings (SSSR count). The zero-order valence-electron chi connectivity index (χ0n) is 8.94. The average molecular weight is 181 g/mol. The number of hydrogen-bond donors (Lipinski definition) is 1. The molecular formula is C12H23N. The van der Waals surface area contributed by atoms with Crippen LogP contribution in [-0.4, -0.2) is 12.1 Å².